The Morgan fingerprint density at radius 1 is 1.24 bits per heavy atom. The fraction of sp³-hybridized carbons (Fsp3) is 0.474. The second kappa shape index (κ2) is 7.27. The van der Waals surface area contributed by atoms with Gasteiger partial charge in [-0.2, -0.15) is 5.10 Å². The lowest BCUT2D eigenvalue weighted by Crippen LogP contribution is -2.33. The van der Waals surface area contributed by atoms with Crippen LogP contribution in [0.15, 0.2) is 18.2 Å². The smallest absolute Gasteiger partial charge is 0.217 e. The fourth-order valence-corrected chi connectivity index (χ4v) is 3.30. The number of rotatable bonds is 5. The first-order chi connectivity index (χ1) is 12.0. The van der Waals surface area contributed by atoms with Gasteiger partial charge in [0.05, 0.1) is 31.6 Å². The number of aryl methyl sites for hydroxylation is 2. The zero-order chi connectivity index (χ0) is 18.0. The van der Waals surface area contributed by atoms with Crippen LogP contribution in [-0.2, 0) is 31.0 Å². The van der Waals surface area contributed by atoms with Gasteiger partial charge in [0.15, 0.2) is 0 Å². The molecule has 1 aromatic carbocycles. The summed E-state index contributed by atoms with van der Waals surface area (Å²) in [5.74, 6) is 0.915. The van der Waals surface area contributed by atoms with Crippen molar-refractivity contribution in [1.82, 2.24) is 20.0 Å². The normalized spacial score (nSPS) is 14.2. The standard InChI is InChI=1S/C19H26N4O2/c1-13-8-19(25-4)14(2)7-16(13)11-22-5-6-23-18(12-22)9-17(21-23)10-20-15(3)24/h7-9H,5-6,10-12H2,1-4H3,(H,20,24). The quantitative estimate of drug-likeness (QED) is 0.905. The van der Waals surface area contributed by atoms with E-state index in [4.69, 9.17) is 4.74 Å². The zero-order valence-corrected chi connectivity index (χ0v) is 15.4. The molecular weight excluding hydrogens is 316 g/mol. The number of carbonyl (C=O) groups is 1. The van der Waals surface area contributed by atoms with Crippen molar-refractivity contribution in [3.8, 4) is 5.75 Å². The van der Waals surface area contributed by atoms with Crippen LogP contribution in [0, 0.1) is 13.8 Å². The molecule has 0 spiro atoms. The topological polar surface area (TPSA) is 59.4 Å². The summed E-state index contributed by atoms with van der Waals surface area (Å²) in [7, 11) is 1.71. The summed E-state index contributed by atoms with van der Waals surface area (Å²) in [6.45, 7) is 9.88. The summed E-state index contributed by atoms with van der Waals surface area (Å²) in [6.07, 6.45) is 0. The maximum Gasteiger partial charge on any atom is 0.217 e. The SMILES string of the molecule is COc1cc(C)c(CN2CCn3nc(CNC(C)=O)cc3C2)cc1C. The average Bonchev–Trinajstić information content (AvgIpc) is 2.98. The van der Waals surface area contributed by atoms with Crippen LogP contribution in [0.2, 0.25) is 0 Å². The van der Waals surface area contributed by atoms with E-state index in [2.05, 4.69) is 52.0 Å². The maximum atomic E-state index is 11.1. The number of aromatic nitrogens is 2. The van der Waals surface area contributed by atoms with Crippen molar-refractivity contribution >= 4 is 5.91 Å². The van der Waals surface area contributed by atoms with Gasteiger partial charge >= 0.3 is 0 Å². The summed E-state index contributed by atoms with van der Waals surface area (Å²) in [5.41, 5.74) is 5.89. The highest BCUT2D eigenvalue weighted by molar-refractivity contribution is 5.72. The molecule has 0 radical (unpaired) electrons. The third-order valence-corrected chi connectivity index (χ3v) is 4.69. The molecule has 1 N–H and O–H groups in total. The number of carbonyl (C=O) groups excluding carboxylic acids is 1. The molecule has 3 rings (SSSR count). The Hall–Kier alpha value is -2.34. The van der Waals surface area contributed by atoms with E-state index in [9.17, 15) is 4.79 Å². The van der Waals surface area contributed by atoms with Gasteiger partial charge in [-0.1, -0.05) is 6.07 Å². The minimum atomic E-state index is -0.0297. The predicted octanol–water partition coefficient (Wildman–Crippen LogP) is 2.16. The number of methoxy groups -OCH3 is 1. The summed E-state index contributed by atoms with van der Waals surface area (Å²) >= 11 is 0. The Bertz CT molecular complexity index is 782. The molecule has 0 saturated carbocycles. The summed E-state index contributed by atoms with van der Waals surface area (Å²) < 4.78 is 7.46. The third-order valence-electron chi connectivity index (χ3n) is 4.69. The number of benzene rings is 1. The molecule has 0 saturated heterocycles. The van der Waals surface area contributed by atoms with Crippen molar-refractivity contribution in [2.24, 2.45) is 0 Å². The summed E-state index contributed by atoms with van der Waals surface area (Å²) in [5, 5.41) is 7.38. The van der Waals surface area contributed by atoms with Crippen LogP contribution in [-0.4, -0.2) is 34.2 Å². The Labute approximate surface area is 148 Å². The number of hydrogen-bond acceptors (Lipinski definition) is 4. The highest BCUT2D eigenvalue weighted by atomic mass is 16.5. The van der Waals surface area contributed by atoms with Gasteiger partial charge in [0.1, 0.15) is 5.75 Å². The van der Waals surface area contributed by atoms with Crippen molar-refractivity contribution in [1.29, 1.82) is 0 Å². The first-order valence-electron chi connectivity index (χ1n) is 8.62. The first kappa shape index (κ1) is 17.5. The van der Waals surface area contributed by atoms with Gasteiger partial charge in [0, 0.05) is 26.6 Å². The third kappa shape index (κ3) is 4.02. The van der Waals surface area contributed by atoms with E-state index in [0.29, 0.717) is 6.54 Å². The molecular formula is C19H26N4O2. The molecule has 0 fully saturated rings. The Morgan fingerprint density at radius 2 is 2.04 bits per heavy atom. The van der Waals surface area contributed by atoms with Crippen LogP contribution >= 0.6 is 0 Å². The Morgan fingerprint density at radius 3 is 2.76 bits per heavy atom. The average molecular weight is 342 g/mol. The molecule has 6 nitrogen and oxygen atoms in total. The molecule has 2 heterocycles. The molecule has 1 amide bonds. The first-order valence-corrected chi connectivity index (χ1v) is 8.62. The van der Waals surface area contributed by atoms with Crippen molar-refractivity contribution in [2.45, 2.75) is 47.0 Å². The van der Waals surface area contributed by atoms with Crippen LogP contribution in [0.25, 0.3) is 0 Å². The largest absolute Gasteiger partial charge is 0.496 e. The zero-order valence-electron chi connectivity index (χ0n) is 15.4. The van der Waals surface area contributed by atoms with E-state index < -0.39 is 0 Å². The monoisotopic (exact) mass is 342 g/mol. The molecule has 2 aromatic rings. The second-order valence-electron chi connectivity index (χ2n) is 6.72. The molecule has 1 aromatic heterocycles. The number of ether oxygens (including phenoxy) is 1. The number of amides is 1. The molecule has 0 atom stereocenters. The molecule has 1 aliphatic rings. The molecule has 1 aliphatic heterocycles. The van der Waals surface area contributed by atoms with Gasteiger partial charge < -0.3 is 10.1 Å². The van der Waals surface area contributed by atoms with E-state index in [1.165, 1.54) is 29.3 Å². The van der Waals surface area contributed by atoms with E-state index in [0.717, 1.165) is 37.6 Å². The van der Waals surface area contributed by atoms with Gasteiger partial charge in [-0.3, -0.25) is 14.4 Å². The van der Waals surface area contributed by atoms with Gasteiger partial charge in [-0.15, -0.1) is 0 Å². The van der Waals surface area contributed by atoms with E-state index >= 15 is 0 Å². The molecule has 134 valence electrons. The summed E-state index contributed by atoms with van der Waals surface area (Å²) in [4.78, 5) is 13.5. The van der Waals surface area contributed by atoms with Crippen LogP contribution in [0.4, 0.5) is 0 Å². The fourth-order valence-electron chi connectivity index (χ4n) is 3.30. The van der Waals surface area contributed by atoms with Gasteiger partial charge in [-0.05, 0) is 42.7 Å². The number of nitrogens with one attached hydrogen (secondary N) is 1. The van der Waals surface area contributed by atoms with Crippen molar-refractivity contribution < 1.29 is 9.53 Å². The lowest BCUT2D eigenvalue weighted by atomic mass is 10.0. The van der Waals surface area contributed by atoms with Crippen molar-refractivity contribution in [2.75, 3.05) is 13.7 Å². The van der Waals surface area contributed by atoms with Crippen molar-refractivity contribution in [3.05, 3.63) is 46.3 Å². The van der Waals surface area contributed by atoms with Gasteiger partial charge in [0.25, 0.3) is 0 Å². The molecule has 6 heteroatoms. The maximum absolute atomic E-state index is 11.1. The van der Waals surface area contributed by atoms with E-state index in [-0.39, 0.29) is 5.91 Å². The minimum Gasteiger partial charge on any atom is -0.496 e. The Balaban J connectivity index is 1.69. The number of hydrogen-bond donors (Lipinski definition) is 1. The molecule has 0 aliphatic carbocycles. The number of nitrogens with zero attached hydrogens (tertiary/aromatic N) is 3. The second-order valence-corrected chi connectivity index (χ2v) is 6.72. The van der Waals surface area contributed by atoms with E-state index in [1.807, 2.05) is 0 Å². The highest BCUT2D eigenvalue weighted by Gasteiger charge is 2.19. The molecule has 0 bridgehead atoms. The highest BCUT2D eigenvalue weighted by Crippen LogP contribution is 2.24. The van der Waals surface area contributed by atoms with E-state index in [1.54, 1.807) is 7.11 Å². The minimum absolute atomic E-state index is 0.0297. The molecule has 25 heavy (non-hydrogen) atoms. The van der Waals surface area contributed by atoms with Crippen LogP contribution in [0.5, 0.6) is 5.75 Å². The lowest BCUT2D eigenvalue weighted by molar-refractivity contribution is -0.119. The molecule has 0 unspecified atom stereocenters. The van der Waals surface area contributed by atoms with Gasteiger partial charge in [0.2, 0.25) is 5.91 Å². The lowest BCUT2D eigenvalue weighted by Gasteiger charge is -2.28. The summed E-state index contributed by atoms with van der Waals surface area (Å²) in [6, 6.07) is 6.43. The number of fused-ring (bicyclic) bond motifs is 1. The van der Waals surface area contributed by atoms with Crippen molar-refractivity contribution in [3.63, 3.8) is 0 Å². The van der Waals surface area contributed by atoms with Gasteiger partial charge in [-0.25, -0.2) is 0 Å². The Kier molecular flexibility index (Phi) is 5.08. The van der Waals surface area contributed by atoms with Crippen LogP contribution < -0.4 is 10.1 Å². The predicted molar refractivity (Wildman–Crippen MR) is 96.3 cm³/mol. The van der Waals surface area contributed by atoms with Crippen LogP contribution in [0.3, 0.4) is 0 Å². The van der Waals surface area contributed by atoms with Crippen LogP contribution in [0.1, 0.15) is 35.0 Å².